The van der Waals surface area contributed by atoms with E-state index in [4.69, 9.17) is 18.0 Å². The number of phosphoric ester groups is 1. The van der Waals surface area contributed by atoms with E-state index in [1.165, 1.54) is 32.6 Å². The Bertz CT molecular complexity index is 2170. The van der Waals surface area contributed by atoms with Crippen molar-refractivity contribution in [2.45, 2.75) is 51.0 Å². The fourth-order valence-corrected chi connectivity index (χ4v) is 14.5. The molecule has 0 fully saturated rings. The van der Waals surface area contributed by atoms with E-state index >= 15 is 0 Å². The Labute approximate surface area is 339 Å². The minimum Gasteiger partial charge on any atom is -0.403 e. The quantitative estimate of drug-likeness (QED) is 0.0589. The van der Waals surface area contributed by atoms with Crippen LogP contribution >= 0.6 is 7.82 Å². The first kappa shape index (κ1) is 39.2. The summed E-state index contributed by atoms with van der Waals surface area (Å²) in [6.07, 6.45) is 2.75. The Balaban J connectivity index is 1.06. The molecule has 0 spiro atoms. The first-order valence-electron chi connectivity index (χ1n) is 20.1. The summed E-state index contributed by atoms with van der Waals surface area (Å²) in [6, 6.07) is 54.8. The minimum atomic E-state index is -4.09. The predicted octanol–water partition coefficient (Wildman–Crippen LogP) is 11.7. The summed E-state index contributed by atoms with van der Waals surface area (Å²) in [5, 5.41) is 2.30. The van der Waals surface area contributed by atoms with Crippen LogP contribution in [0.4, 0.5) is 0 Å². The van der Waals surface area contributed by atoms with Crippen molar-refractivity contribution < 1.29 is 22.6 Å². The maximum absolute atomic E-state index is 14.9. The summed E-state index contributed by atoms with van der Waals surface area (Å²) in [7, 11) is -6.85. The van der Waals surface area contributed by atoms with E-state index in [0.29, 0.717) is 6.61 Å². The molecule has 0 heterocycles. The summed E-state index contributed by atoms with van der Waals surface area (Å²) < 4.78 is 41.3. The molecule has 0 saturated heterocycles. The molecule has 0 saturated carbocycles. The van der Waals surface area contributed by atoms with Crippen LogP contribution in [0.2, 0.25) is 5.04 Å². The summed E-state index contributed by atoms with van der Waals surface area (Å²) in [5.74, 6) is -0.208. The van der Waals surface area contributed by atoms with Crippen molar-refractivity contribution in [3.63, 3.8) is 0 Å². The van der Waals surface area contributed by atoms with Crippen LogP contribution in [0.15, 0.2) is 169 Å². The standard InChI is InChI=1S/C50H51O5PSi/c1-5-37(34-55-57(50(2,3)4,38-20-8-6-9-21-38)39-22-10-7-11-23-39)32-33-52-56(51,53-35-48-44-28-16-12-24-40(44)41-25-13-17-29-45(41)48)54-36-49-46-30-18-14-26-42(46)43-27-15-19-31-47(43)49/h6-32,48-49H,5,33-36H2,1-4H3. The second-order valence-electron chi connectivity index (χ2n) is 16.0. The van der Waals surface area contributed by atoms with Crippen LogP contribution < -0.4 is 10.4 Å². The van der Waals surface area contributed by atoms with Crippen LogP contribution in [-0.2, 0) is 22.6 Å². The van der Waals surface area contributed by atoms with Gasteiger partial charge in [0.15, 0.2) is 0 Å². The van der Waals surface area contributed by atoms with Gasteiger partial charge in [-0.15, -0.1) is 0 Å². The van der Waals surface area contributed by atoms with Crippen molar-refractivity contribution in [2.75, 3.05) is 26.4 Å². The fourth-order valence-electron chi connectivity index (χ4n) is 8.84. The zero-order valence-electron chi connectivity index (χ0n) is 33.3. The van der Waals surface area contributed by atoms with Gasteiger partial charge in [-0.25, -0.2) is 4.57 Å². The molecule has 6 aromatic carbocycles. The van der Waals surface area contributed by atoms with Crippen LogP contribution in [0.25, 0.3) is 22.3 Å². The molecular formula is C50H51O5PSi. The Hall–Kier alpha value is -4.65. The number of fused-ring (bicyclic) bond motifs is 6. The molecule has 7 heteroatoms. The smallest absolute Gasteiger partial charge is 0.403 e. The summed E-state index contributed by atoms with van der Waals surface area (Å²) in [5.41, 5.74) is 10.4. The zero-order valence-corrected chi connectivity index (χ0v) is 35.2. The van der Waals surface area contributed by atoms with Gasteiger partial charge in [0.05, 0.1) is 26.4 Å². The number of benzene rings is 6. The summed E-state index contributed by atoms with van der Waals surface area (Å²) >= 11 is 0. The van der Waals surface area contributed by atoms with Crippen LogP contribution in [0.3, 0.4) is 0 Å². The van der Waals surface area contributed by atoms with Crippen molar-refractivity contribution in [3.8, 4) is 22.3 Å². The Kier molecular flexibility index (Phi) is 11.5. The maximum Gasteiger partial charge on any atom is 0.475 e. The molecule has 2 aliphatic rings. The molecule has 57 heavy (non-hydrogen) atoms. The lowest BCUT2D eigenvalue weighted by Crippen LogP contribution is -2.66. The van der Waals surface area contributed by atoms with Crippen LogP contribution in [-0.4, -0.2) is 34.7 Å². The number of rotatable bonds is 15. The molecule has 0 aliphatic heterocycles. The molecule has 0 aromatic heterocycles. The van der Waals surface area contributed by atoms with Gasteiger partial charge in [0.2, 0.25) is 0 Å². The third-order valence-corrected chi connectivity index (χ3v) is 18.1. The van der Waals surface area contributed by atoms with Crippen LogP contribution in [0.5, 0.6) is 0 Å². The van der Waals surface area contributed by atoms with Gasteiger partial charge in [0.1, 0.15) is 0 Å². The molecule has 0 unspecified atom stereocenters. The van der Waals surface area contributed by atoms with Gasteiger partial charge >= 0.3 is 7.82 Å². The number of phosphoric acid groups is 1. The summed E-state index contributed by atoms with van der Waals surface area (Å²) in [4.78, 5) is 0. The molecule has 8 rings (SSSR count). The van der Waals surface area contributed by atoms with E-state index in [1.807, 2.05) is 30.3 Å². The lowest BCUT2D eigenvalue weighted by molar-refractivity contribution is 0.116. The zero-order chi connectivity index (χ0) is 39.5. The van der Waals surface area contributed by atoms with Crippen molar-refractivity contribution in [3.05, 3.63) is 192 Å². The molecule has 6 aromatic rings. The average Bonchev–Trinajstić information content (AvgIpc) is 3.74. The molecule has 0 N–H and O–H groups in total. The van der Waals surface area contributed by atoms with Crippen LogP contribution in [0, 0.1) is 0 Å². The van der Waals surface area contributed by atoms with E-state index in [1.54, 1.807) is 0 Å². The maximum atomic E-state index is 14.9. The first-order chi connectivity index (χ1) is 27.7. The lowest BCUT2D eigenvalue weighted by Gasteiger charge is -2.43. The van der Waals surface area contributed by atoms with Crippen LogP contribution in [0.1, 0.15) is 68.2 Å². The van der Waals surface area contributed by atoms with Gasteiger partial charge < -0.3 is 4.43 Å². The molecule has 5 nitrogen and oxygen atoms in total. The highest BCUT2D eigenvalue weighted by Gasteiger charge is 2.50. The highest BCUT2D eigenvalue weighted by Crippen LogP contribution is 2.55. The topological polar surface area (TPSA) is 54.0 Å². The van der Waals surface area contributed by atoms with Gasteiger partial charge in [-0.05, 0) is 71.9 Å². The van der Waals surface area contributed by atoms with Gasteiger partial charge in [-0.1, -0.05) is 191 Å². The molecule has 0 amide bonds. The molecule has 0 atom stereocenters. The molecule has 0 bridgehead atoms. The van der Waals surface area contributed by atoms with Gasteiger partial charge in [0, 0.05) is 11.8 Å². The Morgan fingerprint density at radius 1 is 0.561 bits per heavy atom. The van der Waals surface area contributed by atoms with E-state index in [2.05, 4.69) is 161 Å². The highest BCUT2D eigenvalue weighted by atomic mass is 31.2. The molecule has 290 valence electrons. The average molecular weight is 791 g/mol. The number of hydrogen-bond donors (Lipinski definition) is 0. The van der Waals surface area contributed by atoms with Crippen molar-refractivity contribution in [1.82, 2.24) is 0 Å². The Morgan fingerprint density at radius 3 is 1.30 bits per heavy atom. The van der Waals surface area contributed by atoms with E-state index in [-0.39, 0.29) is 36.7 Å². The predicted molar refractivity (Wildman–Crippen MR) is 235 cm³/mol. The lowest BCUT2D eigenvalue weighted by atomic mass is 9.98. The second kappa shape index (κ2) is 16.7. The van der Waals surface area contributed by atoms with Gasteiger partial charge in [0.25, 0.3) is 8.32 Å². The highest BCUT2D eigenvalue weighted by molar-refractivity contribution is 7.48. The second-order valence-corrected chi connectivity index (χ2v) is 21.9. The fraction of sp³-hybridized carbons (Fsp3) is 0.240. The largest absolute Gasteiger partial charge is 0.475 e. The van der Waals surface area contributed by atoms with Crippen molar-refractivity contribution >= 4 is 26.5 Å². The van der Waals surface area contributed by atoms with Crippen molar-refractivity contribution in [2.24, 2.45) is 0 Å². The SMILES string of the molecule is CCC(=CCOP(=O)(OCC1c2ccccc2-c2ccccc21)OCC1c2ccccc2-c2ccccc21)CO[Si](c1ccccc1)(c1ccccc1)C(C)(C)C. The third-order valence-electron chi connectivity index (χ3n) is 11.7. The van der Waals surface area contributed by atoms with E-state index in [9.17, 15) is 4.57 Å². The number of hydrogen-bond acceptors (Lipinski definition) is 5. The van der Waals surface area contributed by atoms with Gasteiger partial charge in [-0.2, -0.15) is 0 Å². The van der Waals surface area contributed by atoms with Gasteiger partial charge in [-0.3, -0.25) is 13.6 Å². The molecule has 0 radical (unpaired) electrons. The third kappa shape index (κ3) is 7.71. The van der Waals surface area contributed by atoms with E-state index < -0.39 is 16.1 Å². The normalized spacial score (nSPS) is 14.3. The Morgan fingerprint density at radius 2 is 0.930 bits per heavy atom. The van der Waals surface area contributed by atoms with Crippen molar-refractivity contribution in [1.29, 1.82) is 0 Å². The minimum absolute atomic E-state index is 0.0558. The monoisotopic (exact) mass is 790 g/mol. The first-order valence-corrected chi connectivity index (χ1v) is 23.4. The molecule has 2 aliphatic carbocycles. The molecular weight excluding hydrogens is 740 g/mol. The van der Waals surface area contributed by atoms with E-state index in [0.717, 1.165) is 34.2 Å². The summed E-state index contributed by atoms with van der Waals surface area (Å²) in [6.45, 7) is 9.76.